The van der Waals surface area contributed by atoms with E-state index in [1.54, 1.807) is 11.0 Å². The van der Waals surface area contributed by atoms with Crippen LogP contribution in [0.5, 0.6) is 0 Å². The SMILES string of the molecule is COC(=O)/C=C/c1cccc(N(Cc2ccc(-c3ccc(N(C)C)cc3)cc2)C(=O)C2CCC(=O)CC2)c1. The van der Waals surface area contributed by atoms with Gasteiger partial charge in [0.1, 0.15) is 5.78 Å². The minimum absolute atomic E-state index is 0.0231. The Bertz CT molecular complexity index is 1300. The van der Waals surface area contributed by atoms with Crippen LogP contribution in [0.15, 0.2) is 78.9 Å². The van der Waals surface area contributed by atoms with Crippen molar-refractivity contribution in [2.24, 2.45) is 5.92 Å². The average Bonchev–Trinajstić information content (AvgIpc) is 2.95. The maximum absolute atomic E-state index is 13.7. The second-order valence-corrected chi connectivity index (χ2v) is 9.83. The lowest BCUT2D eigenvalue weighted by molar-refractivity contribution is -0.134. The van der Waals surface area contributed by atoms with E-state index in [1.807, 2.05) is 38.4 Å². The Hall–Kier alpha value is -4.19. The fraction of sp³-hybridized carbons (Fsp3) is 0.281. The highest BCUT2D eigenvalue weighted by Gasteiger charge is 2.29. The topological polar surface area (TPSA) is 66.9 Å². The average molecular weight is 511 g/mol. The summed E-state index contributed by atoms with van der Waals surface area (Å²) < 4.78 is 4.69. The van der Waals surface area contributed by atoms with Crippen LogP contribution in [0, 0.1) is 5.92 Å². The van der Waals surface area contributed by atoms with Gasteiger partial charge in [-0.25, -0.2) is 4.79 Å². The summed E-state index contributed by atoms with van der Waals surface area (Å²) in [6.07, 6.45) is 5.10. The molecule has 1 aliphatic rings. The molecule has 0 saturated heterocycles. The highest BCUT2D eigenvalue weighted by atomic mass is 16.5. The third-order valence-electron chi connectivity index (χ3n) is 6.97. The van der Waals surface area contributed by atoms with Crippen molar-refractivity contribution < 1.29 is 19.1 Å². The van der Waals surface area contributed by atoms with Crippen LogP contribution in [0.3, 0.4) is 0 Å². The lowest BCUT2D eigenvalue weighted by Crippen LogP contribution is -2.37. The first-order valence-corrected chi connectivity index (χ1v) is 12.9. The summed E-state index contributed by atoms with van der Waals surface area (Å²) in [5.41, 5.74) is 5.94. The van der Waals surface area contributed by atoms with Gasteiger partial charge in [0, 0.05) is 50.3 Å². The third-order valence-corrected chi connectivity index (χ3v) is 6.97. The molecule has 0 radical (unpaired) electrons. The van der Waals surface area contributed by atoms with Crippen LogP contribution >= 0.6 is 0 Å². The first-order chi connectivity index (χ1) is 18.3. The fourth-order valence-corrected chi connectivity index (χ4v) is 4.67. The van der Waals surface area contributed by atoms with Crippen molar-refractivity contribution in [2.75, 3.05) is 31.0 Å². The van der Waals surface area contributed by atoms with Gasteiger partial charge in [-0.2, -0.15) is 0 Å². The molecule has 6 nitrogen and oxygen atoms in total. The molecule has 3 aromatic carbocycles. The van der Waals surface area contributed by atoms with Crippen molar-refractivity contribution in [1.82, 2.24) is 0 Å². The van der Waals surface area contributed by atoms with Crippen LogP contribution < -0.4 is 9.80 Å². The minimum Gasteiger partial charge on any atom is -0.466 e. The summed E-state index contributed by atoms with van der Waals surface area (Å²) in [5, 5.41) is 0. The number of carbonyl (C=O) groups is 3. The number of benzene rings is 3. The molecule has 3 aromatic rings. The number of Topliss-reactive ketones (excluding diaryl/α,β-unsaturated/α-hetero) is 1. The monoisotopic (exact) mass is 510 g/mol. The molecule has 0 atom stereocenters. The van der Waals surface area contributed by atoms with Gasteiger partial charge in [0.15, 0.2) is 0 Å². The Morgan fingerprint density at radius 1 is 0.895 bits per heavy atom. The van der Waals surface area contributed by atoms with E-state index in [4.69, 9.17) is 4.74 Å². The number of rotatable bonds is 8. The van der Waals surface area contributed by atoms with Crippen LogP contribution in [0.25, 0.3) is 17.2 Å². The van der Waals surface area contributed by atoms with E-state index in [0.717, 1.165) is 33.6 Å². The van der Waals surface area contributed by atoms with Crippen molar-refractivity contribution in [2.45, 2.75) is 32.2 Å². The molecule has 4 rings (SSSR count). The Balaban J connectivity index is 1.59. The number of hydrogen-bond acceptors (Lipinski definition) is 5. The van der Waals surface area contributed by atoms with Crippen LogP contribution in [0.2, 0.25) is 0 Å². The van der Waals surface area contributed by atoms with E-state index in [2.05, 4.69) is 53.4 Å². The Morgan fingerprint density at radius 3 is 2.13 bits per heavy atom. The van der Waals surface area contributed by atoms with Gasteiger partial charge in [-0.05, 0) is 65.4 Å². The highest BCUT2D eigenvalue weighted by Crippen LogP contribution is 2.29. The zero-order chi connectivity index (χ0) is 27.1. The van der Waals surface area contributed by atoms with Gasteiger partial charge in [0.25, 0.3) is 0 Å². The number of carbonyl (C=O) groups excluding carboxylic acids is 3. The highest BCUT2D eigenvalue weighted by molar-refractivity contribution is 5.96. The predicted molar refractivity (Wildman–Crippen MR) is 152 cm³/mol. The number of nitrogens with zero attached hydrogens (tertiary/aromatic N) is 2. The zero-order valence-corrected chi connectivity index (χ0v) is 22.2. The molecular weight excluding hydrogens is 476 g/mol. The molecule has 1 amide bonds. The van der Waals surface area contributed by atoms with Crippen molar-refractivity contribution in [3.05, 3.63) is 90.0 Å². The van der Waals surface area contributed by atoms with Gasteiger partial charge >= 0.3 is 5.97 Å². The Morgan fingerprint density at radius 2 is 1.53 bits per heavy atom. The molecule has 6 heteroatoms. The van der Waals surface area contributed by atoms with E-state index in [9.17, 15) is 14.4 Å². The van der Waals surface area contributed by atoms with Crippen LogP contribution in [-0.4, -0.2) is 38.9 Å². The van der Waals surface area contributed by atoms with Crippen molar-refractivity contribution in [1.29, 1.82) is 0 Å². The molecule has 1 saturated carbocycles. The summed E-state index contributed by atoms with van der Waals surface area (Å²) in [7, 11) is 5.38. The van der Waals surface area contributed by atoms with E-state index < -0.39 is 5.97 Å². The quantitative estimate of drug-likeness (QED) is 0.279. The summed E-state index contributed by atoms with van der Waals surface area (Å²) in [4.78, 5) is 40.9. The fourth-order valence-electron chi connectivity index (χ4n) is 4.67. The second-order valence-electron chi connectivity index (χ2n) is 9.83. The van der Waals surface area contributed by atoms with Gasteiger partial charge in [-0.3, -0.25) is 9.59 Å². The standard InChI is InChI=1S/C32H34N2O4/c1-33(2)28-16-12-26(13-17-28)25-10-7-24(8-11-25)22-34(32(37)27-14-18-30(35)19-15-27)29-6-4-5-23(21-29)9-20-31(36)38-3/h4-13,16-17,20-21,27H,14-15,18-19,22H2,1-3H3/b20-9+. The summed E-state index contributed by atoms with van der Waals surface area (Å²) in [6, 6.07) is 24.2. The van der Waals surface area contributed by atoms with Crippen molar-refractivity contribution in [3.63, 3.8) is 0 Å². The number of hydrogen-bond donors (Lipinski definition) is 0. The van der Waals surface area contributed by atoms with E-state index in [1.165, 1.54) is 13.2 Å². The maximum atomic E-state index is 13.7. The van der Waals surface area contributed by atoms with Crippen molar-refractivity contribution >= 4 is 35.1 Å². The van der Waals surface area contributed by atoms with Gasteiger partial charge in [0.05, 0.1) is 13.7 Å². The predicted octanol–water partition coefficient (Wildman–Crippen LogP) is 5.90. The van der Waals surface area contributed by atoms with Gasteiger partial charge < -0.3 is 14.5 Å². The molecule has 196 valence electrons. The zero-order valence-electron chi connectivity index (χ0n) is 22.2. The Kier molecular flexibility index (Phi) is 8.74. The summed E-state index contributed by atoms with van der Waals surface area (Å²) in [5.74, 6) is -0.372. The van der Waals surface area contributed by atoms with Crippen LogP contribution in [0.1, 0.15) is 36.8 Å². The lowest BCUT2D eigenvalue weighted by Gasteiger charge is -2.29. The summed E-state index contributed by atoms with van der Waals surface area (Å²) >= 11 is 0. The normalized spacial score (nSPS) is 13.9. The van der Waals surface area contributed by atoms with Gasteiger partial charge in [0.2, 0.25) is 5.91 Å². The molecule has 0 bridgehead atoms. The number of esters is 1. The molecule has 0 unspecified atom stereocenters. The minimum atomic E-state index is -0.438. The molecule has 0 aliphatic heterocycles. The lowest BCUT2D eigenvalue weighted by atomic mass is 9.87. The largest absolute Gasteiger partial charge is 0.466 e. The second kappa shape index (κ2) is 12.4. The van der Waals surface area contributed by atoms with E-state index in [-0.39, 0.29) is 17.6 Å². The number of amides is 1. The molecular formula is C32H34N2O4. The number of anilines is 2. The molecule has 38 heavy (non-hydrogen) atoms. The van der Waals surface area contributed by atoms with Crippen molar-refractivity contribution in [3.8, 4) is 11.1 Å². The number of ketones is 1. The molecule has 1 fully saturated rings. The maximum Gasteiger partial charge on any atom is 0.330 e. The molecule has 0 heterocycles. The summed E-state index contributed by atoms with van der Waals surface area (Å²) in [6.45, 7) is 0.410. The smallest absolute Gasteiger partial charge is 0.330 e. The molecule has 0 spiro atoms. The van der Waals surface area contributed by atoms with Gasteiger partial charge in [-0.15, -0.1) is 0 Å². The third kappa shape index (κ3) is 6.76. The number of ether oxygens (including phenoxy) is 1. The molecule has 0 N–H and O–H groups in total. The first kappa shape index (κ1) is 26.9. The van der Waals surface area contributed by atoms with Gasteiger partial charge in [-0.1, -0.05) is 48.5 Å². The number of methoxy groups -OCH3 is 1. The van der Waals surface area contributed by atoms with Crippen LogP contribution in [-0.2, 0) is 25.7 Å². The van der Waals surface area contributed by atoms with E-state index in [0.29, 0.717) is 32.2 Å². The van der Waals surface area contributed by atoms with E-state index >= 15 is 0 Å². The molecule has 1 aliphatic carbocycles. The Labute approximate surface area is 224 Å². The first-order valence-electron chi connectivity index (χ1n) is 12.9. The molecule has 0 aromatic heterocycles. The van der Waals surface area contributed by atoms with Crippen LogP contribution in [0.4, 0.5) is 11.4 Å².